The summed E-state index contributed by atoms with van der Waals surface area (Å²) in [5, 5.41) is 10.4. The number of hydrogen-bond acceptors (Lipinski definition) is 6. The summed E-state index contributed by atoms with van der Waals surface area (Å²) in [5.41, 5.74) is 2.53. The van der Waals surface area contributed by atoms with Gasteiger partial charge in [-0.25, -0.2) is 4.79 Å². The average Bonchev–Trinajstić information content (AvgIpc) is 3.30. The lowest BCUT2D eigenvalue weighted by Crippen LogP contribution is -2.23. The minimum absolute atomic E-state index is 0.0402. The lowest BCUT2D eigenvalue weighted by atomic mass is 9.85. The van der Waals surface area contributed by atoms with Crippen LogP contribution in [-0.2, 0) is 4.79 Å². The number of aliphatic carboxylic acids is 1. The summed E-state index contributed by atoms with van der Waals surface area (Å²) < 4.78 is 28.7. The van der Waals surface area contributed by atoms with Gasteiger partial charge < -0.3 is 28.8 Å². The molecule has 3 aromatic carbocycles. The summed E-state index contributed by atoms with van der Waals surface area (Å²) in [6.07, 6.45) is -0.919. The summed E-state index contributed by atoms with van der Waals surface area (Å²) in [5.74, 6) is 1.80. The number of carboxylic acid groups (broad SMARTS) is 1. The molecule has 174 valence electrons. The van der Waals surface area contributed by atoms with Crippen molar-refractivity contribution in [3.63, 3.8) is 0 Å². The molecular formula is C27H24O7. The fourth-order valence-corrected chi connectivity index (χ4v) is 4.29. The molecule has 2 aliphatic heterocycles. The maximum atomic E-state index is 12.8. The predicted molar refractivity (Wildman–Crippen MR) is 125 cm³/mol. The zero-order valence-corrected chi connectivity index (χ0v) is 19.0. The highest BCUT2D eigenvalue weighted by atomic mass is 16.7. The Kier molecular flexibility index (Phi) is 5.53. The van der Waals surface area contributed by atoms with Crippen LogP contribution in [0.2, 0.25) is 0 Å². The molecule has 3 aromatic rings. The molecule has 0 spiro atoms. The number of methoxy groups -OCH3 is 1. The minimum atomic E-state index is -1.09. The summed E-state index contributed by atoms with van der Waals surface area (Å²) in [6, 6.07) is 18.1. The quantitative estimate of drug-likeness (QED) is 0.539. The van der Waals surface area contributed by atoms with E-state index in [1.54, 1.807) is 37.4 Å². The first-order valence-corrected chi connectivity index (χ1v) is 10.9. The maximum Gasteiger partial charge on any atom is 0.336 e. The SMILES string of the molecule is COc1ccccc1C1=C(C(=O)O)C(c2ccc3c(c2)OCO3)Oc2ccc(OC(C)C)cc21. The van der Waals surface area contributed by atoms with Gasteiger partial charge in [-0.05, 0) is 50.2 Å². The minimum Gasteiger partial charge on any atom is -0.496 e. The highest BCUT2D eigenvalue weighted by Crippen LogP contribution is 2.49. The third-order valence-electron chi connectivity index (χ3n) is 5.67. The number of ether oxygens (including phenoxy) is 5. The third-order valence-corrected chi connectivity index (χ3v) is 5.67. The number of carboxylic acids is 1. The predicted octanol–water partition coefficient (Wildman–Crippen LogP) is 5.23. The van der Waals surface area contributed by atoms with E-state index < -0.39 is 12.1 Å². The Hall–Kier alpha value is -4.13. The van der Waals surface area contributed by atoms with E-state index in [1.807, 2.05) is 44.2 Å². The normalized spacial score (nSPS) is 16.2. The standard InChI is InChI=1S/C27H24O7/c1-15(2)33-17-9-11-21-19(13-17)24(18-6-4-5-7-20(18)30-3)25(27(28)29)26(34-21)16-8-10-22-23(12-16)32-14-31-22/h4-13,15,26H,14H2,1-3H3,(H,28,29). The second-order valence-corrected chi connectivity index (χ2v) is 8.23. The Balaban J connectivity index is 1.76. The molecule has 0 aromatic heterocycles. The molecule has 0 fully saturated rings. The lowest BCUT2D eigenvalue weighted by Gasteiger charge is -2.31. The van der Waals surface area contributed by atoms with Crippen molar-refractivity contribution in [3.8, 4) is 28.7 Å². The van der Waals surface area contributed by atoms with E-state index in [2.05, 4.69) is 0 Å². The van der Waals surface area contributed by atoms with Crippen molar-refractivity contribution in [2.24, 2.45) is 0 Å². The molecule has 0 amide bonds. The van der Waals surface area contributed by atoms with E-state index in [-0.39, 0.29) is 18.5 Å². The highest BCUT2D eigenvalue weighted by molar-refractivity contribution is 6.04. The van der Waals surface area contributed by atoms with E-state index in [4.69, 9.17) is 23.7 Å². The van der Waals surface area contributed by atoms with Crippen LogP contribution in [0.4, 0.5) is 0 Å². The van der Waals surface area contributed by atoms with Crippen LogP contribution in [0.1, 0.15) is 36.6 Å². The van der Waals surface area contributed by atoms with Crippen LogP contribution in [0.3, 0.4) is 0 Å². The van der Waals surface area contributed by atoms with Gasteiger partial charge in [-0.3, -0.25) is 0 Å². The largest absolute Gasteiger partial charge is 0.496 e. The van der Waals surface area contributed by atoms with Gasteiger partial charge in [0.25, 0.3) is 0 Å². The van der Waals surface area contributed by atoms with Crippen molar-refractivity contribution >= 4 is 11.5 Å². The van der Waals surface area contributed by atoms with Gasteiger partial charge in [0.05, 0.1) is 18.8 Å². The summed E-state index contributed by atoms with van der Waals surface area (Å²) in [7, 11) is 1.56. The van der Waals surface area contributed by atoms with E-state index in [9.17, 15) is 9.90 Å². The van der Waals surface area contributed by atoms with Crippen LogP contribution >= 0.6 is 0 Å². The van der Waals surface area contributed by atoms with Crippen LogP contribution in [-0.4, -0.2) is 31.1 Å². The molecule has 0 saturated heterocycles. The molecule has 7 nitrogen and oxygen atoms in total. The van der Waals surface area contributed by atoms with Gasteiger partial charge in [0.15, 0.2) is 17.6 Å². The highest BCUT2D eigenvalue weighted by Gasteiger charge is 2.37. The Labute approximate surface area is 197 Å². The van der Waals surface area contributed by atoms with Crippen LogP contribution in [0.5, 0.6) is 28.7 Å². The molecule has 0 radical (unpaired) electrons. The zero-order chi connectivity index (χ0) is 23.8. The molecule has 34 heavy (non-hydrogen) atoms. The first kappa shape index (κ1) is 21.7. The van der Waals surface area contributed by atoms with Crippen LogP contribution in [0, 0.1) is 0 Å². The Morgan fingerprint density at radius 3 is 2.50 bits per heavy atom. The zero-order valence-electron chi connectivity index (χ0n) is 19.0. The van der Waals surface area contributed by atoms with Crippen molar-refractivity contribution in [1.82, 2.24) is 0 Å². The number of fused-ring (bicyclic) bond motifs is 2. The van der Waals surface area contributed by atoms with E-state index >= 15 is 0 Å². The van der Waals surface area contributed by atoms with Crippen molar-refractivity contribution in [2.75, 3.05) is 13.9 Å². The van der Waals surface area contributed by atoms with Gasteiger partial charge in [0.2, 0.25) is 6.79 Å². The van der Waals surface area contributed by atoms with Gasteiger partial charge in [0.1, 0.15) is 17.2 Å². The second-order valence-electron chi connectivity index (χ2n) is 8.23. The number of benzene rings is 3. The number of para-hydroxylation sites is 1. The number of hydrogen-bond donors (Lipinski definition) is 1. The summed E-state index contributed by atoms with van der Waals surface area (Å²) >= 11 is 0. The first-order chi connectivity index (χ1) is 16.5. The van der Waals surface area contributed by atoms with Gasteiger partial charge in [-0.1, -0.05) is 24.3 Å². The monoisotopic (exact) mass is 460 g/mol. The topological polar surface area (TPSA) is 83.5 Å². The maximum absolute atomic E-state index is 12.8. The van der Waals surface area contributed by atoms with Gasteiger partial charge in [0, 0.05) is 22.3 Å². The molecule has 7 heteroatoms. The molecule has 1 unspecified atom stereocenters. The van der Waals surface area contributed by atoms with Crippen molar-refractivity contribution in [2.45, 2.75) is 26.1 Å². The van der Waals surface area contributed by atoms with Crippen molar-refractivity contribution < 1.29 is 33.6 Å². The van der Waals surface area contributed by atoms with Crippen LogP contribution < -0.4 is 23.7 Å². The summed E-state index contributed by atoms with van der Waals surface area (Å²) in [6.45, 7) is 4.00. The molecular weight excluding hydrogens is 436 g/mol. The van der Waals surface area contributed by atoms with E-state index in [0.717, 1.165) is 0 Å². The molecule has 1 atom stereocenters. The molecule has 0 bridgehead atoms. The fourth-order valence-electron chi connectivity index (χ4n) is 4.29. The van der Waals surface area contributed by atoms with Crippen LogP contribution in [0.15, 0.2) is 66.2 Å². The van der Waals surface area contributed by atoms with Crippen molar-refractivity contribution in [1.29, 1.82) is 0 Å². The van der Waals surface area contributed by atoms with Crippen molar-refractivity contribution in [3.05, 3.63) is 82.9 Å². The smallest absolute Gasteiger partial charge is 0.336 e. The van der Waals surface area contributed by atoms with E-state index in [0.29, 0.717) is 51.0 Å². The van der Waals surface area contributed by atoms with Gasteiger partial charge >= 0.3 is 5.97 Å². The third kappa shape index (κ3) is 3.79. The van der Waals surface area contributed by atoms with Crippen LogP contribution in [0.25, 0.3) is 5.57 Å². The molecule has 2 aliphatic rings. The Morgan fingerprint density at radius 2 is 1.74 bits per heavy atom. The number of rotatable bonds is 6. The molecule has 0 saturated carbocycles. The fraction of sp³-hybridized carbons (Fsp3) is 0.222. The van der Waals surface area contributed by atoms with Gasteiger partial charge in [-0.2, -0.15) is 0 Å². The second kappa shape index (κ2) is 8.67. The average molecular weight is 460 g/mol. The van der Waals surface area contributed by atoms with E-state index in [1.165, 1.54) is 0 Å². The first-order valence-electron chi connectivity index (χ1n) is 10.9. The molecule has 5 rings (SSSR count). The lowest BCUT2D eigenvalue weighted by molar-refractivity contribution is -0.133. The van der Waals surface area contributed by atoms with Gasteiger partial charge in [-0.15, -0.1) is 0 Å². The number of carbonyl (C=O) groups is 1. The molecule has 0 aliphatic carbocycles. The summed E-state index contributed by atoms with van der Waals surface area (Å²) in [4.78, 5) is 12.8. The Morgan fingerprint density at radius 1 is 0.971 bits per heavy atom. The molecule has 1 N–H and O–H groups in total. The molecule has 2 heterocycles. The Bertz CT molecular complexity index is 1290.